The monoisotopic (exact) mass is 344 g/mol. The van der Waals surface area contributed by atoms with Crippen LogP contribution in [0.15, 0.2) is 23.8 Å². The van der Waals surface area contributed by atoms with Crippen LogP contribution < -0.4 is 14.8 Å². The van der Waals surface area contributed by atoms with E-state index in [2.05, 4.69) is 5.32 Å². The van der Waals surface area contributed by atoms with Crippen LogP contribution in [0.2, 0.25) is 0 Å². The van der Waals surface area contributed by atoms with Crippen LogP contribution in [0.3, 0.4) is 0 Å². The number of nitrogens with zero attached hydrogens (tertiary/aromatic N) is 1. The number of hydrogen-bond donors (Lipinski definition) is 1. The van der Waals surface area contributed by atoms with Crippen molar-refractivity contribution in [3.05, 3.63) is 29.3 Å². The Morgan fingerprint density at radius 1 is 1.52 bits per heavy atom. The maximum absolute atomic E-state index is 12.3. The number of benzene rings is 1. The summed E-state index contributed by atoms with van der Waals surface area (Å²) < 4.78 is 16.4. The Hall–Kier alpha value is -2.52. The molecule has 1 heterocycles. The van der Waals surface area contributed by atoms with Gasteiger partial charge in [-0.15, -0.1) is 0 Å². The van der Waals surface area contributed by atoms with Crippen molar-refractivity contribution in [2.24, 2.45) is 0 Å². The fraction of sp³-hybridized carbons (Fsp3) is 0.474. The molecule has 134 valence electrons. The SMILES string of the molecule is COc1ccc(/C=C(/C#N)C(=O)NCC2CCCO2)c(OC(C)C)c1. The van der Waals surface area contributed by atoms with E-state index in [1.165, 1.54) is 6.08 Å². The highest BCUT2D eigenvalue weighted by molar-refractivity contribution is 6.02. The van der Waals surface area contributed by atoms with Gasteiger partial charge in [-0.05, 0) is 44.9 Å². The lowest BCUT2D eigenvalue weighted by atomic mass is 10.1. The summed E-state index contributed by atoms with van der Waals surface area (Å²) in [4.78, 5) is 12.3. The molecule has 1 aromatic carbocycles. The van der Waals surface area contributed by atoms with E-state index < -0.39 is 5.91 Å². The van der Waals surface area contributed by atoms with Gasteiger partial charge in [-0.25, -0.2) is 0 Å². The molecule has 25 heavy (non-hydrogen) atoms. The van der Waals surface area contributed by atoms with Crippen LogP contribution in [0.1, 0.15) is 32.3 Å². The van der Waals surface area contributed by atoms with Crippen molar-refractivity contribution in [1.82, 2.24) is 5.32 Å². The molecule has 1 aliphatic rings. The molecule has 1 atom stereocenters. The lowest BCUT2D eigenvalue weighted by Gasteiger charge is -2.14. The van der Waals surface area contributed by atoms with Gasteiger partial charge in [0.25, 0.3) is 5.91 Å². The molecule has 6 heteroatoms. The molecule has 0 saturated carbocycles. The molecule has 1 aromatic rings. The zero-order valence-electron chi connectivity index (χ0n) is 14.9. The third-order valence-corrected chi connectivity index (χ3v) is 3.76. The highest BCUT2D eigenvalue weighted by Crippen LogP contribution is 2.27. The molecule has 0 spiro atoms. The van der Waals surface area contributed by atoms with Crippen molar-refractivity contribution in [3.63, 3.8) is 0 Å². The standard InChI is InChI=1S/C19H24N2O4/c1-13(2)25-18-10-16(23-3)7-6-14(18)9-15(11-20)19(22)21-12-17-5-4-8-24-17/h6-7,9-10,13,17H,4-5,8,12H2,1-3H3,(H,21,22)/b15-9-. The Balaban J connectivity index is 2.16. The van der Waals surface area contributed by atoms with Gasteiger partial charge in [-0.1, -0.05) is 0 Å². The minimum Gasteiger partial charge on any atom is -0.497 e. The number of methoxy groups -OCH3 is 1. The summed E-state index contributed by atoms with van der Waals surface area (Å²) in [5, 5.41) is 12.1. The first-order chi connectivity index (χ1) is 12.0. The van der Waals surface area contributed by atoms with Gasteiger partial charge in [-0.3, -0.25) is 4.79 Å². The van der Waals surface area contributed by atoms with Crippen molar-refractivity contribution in [2.75, 3.05) is 20.3 Å². The number of carbonyl (C=O) groups is 1. The topological polar surface area (TPSA) is 80.6 Å². The normalized spacial score (nSPS) is 17.2. The molecule has 1 saturated heterocycles. The van der Waals surface area contributed by atoms with Crippen LogP contribution in [-0.4, -0.2) is 38.4 Å². The zero-order valence-corrected chi connectivity index (χ0v) is 14.9. The maximum atomic E-state index is 12.3. The minimum atomic E-state index is -0.413. The Bertz CT molecular complexity index is 670. The number of amides is 1. The van der Waals surface area contributed by atoms with Crippen LogP contribution in [-0.2, 0) is 9.53 Å². The van der Waals surface area contributed by atoms with Crippen LogP contribution >= 0.6 is 0 Å². The van der Waals surface area contributed by atoms with E-state index in [0.717, 1.165) is 19.4 Å². The van der Waals surface area contributed by atoms with Crippen LogP contribution in [0.4, 0.5) is 0 Å². The number of nitriles is 1. The molecule has 6 nitrogen and oxygen atoms in total. The Morgan fingerprint density at radius 3 is 2.92 bits per heavy atom. The summed E-state index contributed by atoms with van der Waals surface area (Å²) in [7, 11) is 1.57. The van der Waals surface area contributed by atoms with E-state index in [1.54, 1.807) is 25.3 Å². The third kappa shape index (κ3) is 5.50. The quantitative estimate of drug-likeness (QED) is 0.607. The molecule has 0 aliphatic carbocycles. The lowest BCUT2D eigenvalue weighted by molar-refractivity contribution is -0.117. The molecule has 1 amide bonds. The second-order valence-corrected chi connectivity index (χ2v) is 6.09. The second kappa shape index (κ2) is 9.09. The highest BCUT2D eigenvalue weighted by atomic mass is 16.5. The molecular formula is C19H24N2O4. The summed E-state index contributed by atoms with van der Waals surface area (Å²) in [6, 6.07) is 7.22. The molecule has 1 unspecified atom stereocenters. The van der Waals surface area contributed by atoms with E-state index in [0.29, 0.717) is 23.6 Å². The first-order valence-corrected chi connectivity index (χ1v) is 8.39. The van der Waals surface area contributed by atoms with Crippen molar-refractivity contribution in [3.8, 4) is 17.6 Å². The number of hydrogen-bond acceptors (Lipinski definition) is 5. The number of carbonyl (C=O) groups excluding carboxylic acids is 1. The first-order valence-electron chi connectivity index (χ1n) is 8.39. The smallest absolute Gasteiger partial charge is 0.262 e. The highest BCUT2D eigenvalue weighted by Gasteiger charge is 2.18. The zero-order chi connectivity index (χ0) is 18.2. The number of rotatable bonds is 7. The molecule has 1 fully saturated rings. The summed E-state index contributed by atoms with van der Waals surface area (Å²) in [5.41, 5.74) is 0.676. The molecular weight excluding hydrogens is 320 g/mol. The summed E-state index contributed by atoms with van der Waals surface area (Å²) in [6.07, 6.45) is 3.45. The van der Waals surface area contributed by atoms with Gasteiger partial charge in [0.15, 0.2) is 0 Å². The molecule has 0 aromatic heterocycles. The average molecular weight is 344 g/mol. The second-order valence-electron chi connectivity index (χ2n) is 6.09. The Labute approximate surface area is 148 Å². The maximum Gasteiger partial charge on any atom is 0.262 e. The number of nitrogens with one attached hydrogen (secondary N) is 1. The summed E-state index contributed by atoms with van der Waals surface area (Å²) in [5.74, 6) is 0.799. The molecule has 2 rings (SSSR count). The third-order valence-electron chi connectivity index (χ3n) is 3.76. The van der Waals surface area contributed by atoms with Crippen molar-refractivity contribution in [1.29, 1.82) is 5.26 Å². The van der Waals surface area contributed by atoms with Crippen molar-refractivity contribution >= 4 is 12.0 Å². The van der Waals surface area contributed by atoms with Gasteiger partial charge in [0.2, 0.25) is 0 Å². The van der Waals surface area contributed by atoms with E-state index in [9.17, 15) is 10.1 Å². The summed E-state index contributed by atoms with van der Waals surface area (Å²) >= 11 is 0. The first kappa shape index (κ1) is 18.8. The fourth-order valence-corrected chi connectivity index (χ4v) is 2.53. The van der Waals surface area contributed by atoms with Crippen molar-refractivity contribution < 1.29 is 19.0 Å². The van der Waals surface area contributed by atoms with Gasteiger partial charge in [-0.2, -0.15) is 5.26 Å². The fourth-order valence-electron chi connectivity index (χ4n) is 2.53. The van der Waals surface area contributed by atoms with Crippen LogP contribution in [0, 0.1) is 11.3 Å². The van der Waals surface area contributed by atoms with Gasteiger partial charge < -0.3 is 19.5 Å². The predicted molar refractivity (Wildman–Crippen MR) is 94.3 cm³/mol. The predicted octanol–water partition coefficient (Wildman–Crippen LogP) is 2.68. The summed E-state index contributed by atoms with van der Waals surface area (Å²) in [6.45, 7) is 4.96. The van der Waals surface area contributed by atoms with Crippen molar-refractivity contribution in [2.45, 2.75) is 38.9 Å². The van der Waals surface area contributed by atoms with Gasteiger partial charge in [0, 0.05) is 24.8 Å². The average Bonchev–Trinajstić information content (AvgIpc) is 3.11. The lowest BCUT2D eigenvalue weighted by Crippen LogP contribution is -2.32. The molecule has 1 aliphatic heterocycles. The van der Waals surface area contributed by atoms with E-state index in [4.69, 9.17) is 14.2 Å². The molecule has 0 radical (unpaired) electrons. The number of ether oxygens (including phenoxy) is 3. The Morgan fingerprint density at radius 2 is 2.32 bits per heavy atom. The van der Waals surface area contributed by atoms with Gasteiger partial charge in [0.05, 0.1) is 19.3 Å². The largest absolute Gasteiger partial charge is 0.497 e. The van der Waals surface area contributed by atoms with E-state index >= 15 is 0 Å². The van der Waals surface area contributed by atoms with Crippen LogP contribution in [0.25, 0.3) is 6.08 Å². The van der Waals surface area contributed by atoms with Gasteiger partial charge in [0.1, 0.15) is 23.1 Å². The van der Waals surface area contributed by atoms with Gasteiger partial charge >= 0.3 is 0 Å². The minimum absolute atomic E-state index is 0.0248. The molecule has 0 bridgehead atoms. The van der Waals surface area contributed by atoms with E-state index in [-0.39, 0.29) is 17.8 Å². The van der Waals surface area contributed by atoms with E-state index in [1.807, 2.05) is 19.9 Å². The molecule has 1 N–H and O–H groups in total. The Kier molecular flexibility index (Phi) is 6.84. The van der Waals surface area contributed by atoms with Crippen LogP contribution in [0.5, 0.6) is 11.5 Å².